The number of nitrogens with one attached hydrogen (secondary N) is 2. The van der Waals surface area contributed by atoms with Crippen molar-refractivity contribution in [2.24, 2.45) is 4.99 Å². The Morgan fingerprint density at radius 2 is 1.78 bits per heavy atom. The third kappa shape index (κ3) is 4.33. The van der Waals surface area contributed by atoms with Crippen molar-refractivity contribution in [2.75, 3.05) is 17.3 Å². The number of anilines is 2. The van der Waals surface area contributed by atoms with E-state index in [1.807, 2.05) is 31.2 Å². The second-order valence-electron chi connectivity index (χ2n) is 7.36. The van der Waals surface area contributed by atoms with Crippen molar-refractivity contribution in [1.82, 2.24) is 5.32 Å². The van der Waals surface area contributed by atoms with Crippen LogP contribution >= 0.6 is 11.6 Å². The molecule has 0 fully saturated rings. The number of rotatable bonds is 3. The van der Waals surface area contributed by atoms with Gasteiger partial charge in [0.25, 0.3) is 5.91 Å². The summed E-state index contributed by atoms with van der Waals surface area (Å²) in [6.45, 7) is 1.95. The lowest BCUT2D eigenvalue weighted by Crippen LogP contribution is -2.47. The highest BCUT2D eigenvalue weighted by Gasteiger charge is 2.31. The highest BCUT2D eigenvalue weighted by atomic mass is 35.5. The molecule has 0 aliphatic carbocycles. The number of carbonyl (C=O) groups excluding carboxylic acids is 2. The lowest BCUT2D eigenvalue weighted by atomic mass is 9.97. The Hall–Kier alpha value is -3.71. The average molecular weight is 451 g/mol. The van der Waals surface area contributed by atoms with Crippen molar-refractivity contribution in [3.63, 3.8) is 0 Å². The first kappa shape index (κ1) is 21.5. The van der Waals surface area contributed by atoms with Crippen LogP contribution in [0.25, 0.3) is 0 Å². The van der Waals surface area contributed by atoms with E-state index in [0.29, 0.717) is 27.7 Å². The number of nitrogens with zero attached hydrogens (tertiary/aromatic N) is 2. The van der Waals surface area contributed by atoms with Crippen LogP contribution in [0.5, 0.6) is 0 Å². The van der Waals surface area contributed by atoms with Gasteiger partial charge in [-0.2, -0.15) is 0 Å². The molecule has 6 nitrogen and oxygen atoms in total. The number of amides is 3. The van der Waals surface area contributed by atoms with E-state index in [0.717, 1.165) is 11.1 Å². The van der Waals surface area contributed by atoms with Crippen LogP contribution in [-0.4, -0.2) is 30.9 Å². The molecule has 0 saturated heterocycles. The summed E-state index contributed by atoms with van der Waals surface area (Å²) in [4.78, 5) is 31.9. The number of benzene rings is 3. The van der Waals surface area contributed by atoms with Gasteiger partial charge in [0, 0.05) is 28.9 Å². The first-order chi connectivity index (χ1) is 15.3. The standard InChI is InChI=1S/C24H20ClFN4O2/c1-14-5-3-4-6-18(14)21-19-13-15(25)7-12-20(19)30(2)23(31)22(28-21)29-24(32)27-17-10-8-16(26)9-11-17/h3-13,22H,1-2H3,(H2,27,29,32). The molecule has 1 heterocycles. The molecule has 8 heteroatoms. The van der Waals surface area contributed by atoms with E-state index in [1.165, 1.54) is 29.2 Å². The molecule has 1 aliphatic heterocycles. The van der Waals surface area contributed by atoms with Gasteiger partial charge >= 0.3 is 6.03 Å². The molecule has 32 heavy (non-hydrogen) atoms. The molecule has 0 saturated carbocycles. The number of hydrogen-bond acceptors (Lipinski definition) is 3. The zero-order valence-electron chi connectivity index (χ0n) is 17.4. The number of fused-ring (bicyclic) bond motifs is 1. The first-order valence-corrected chi connectivity index (χ1v) is 10.3. The normalized spacial score (nSPS) is 15.5. The van der Waals surface area contributed by atoms with Gasteiger partial charge in [0.05, 0.1) is 11.4 Å². The highest BCUT2D eigenvalue weighted by molar-refractivity contribution is 6.32. The van der Waals surface area contributed by atoms with Gasteiger partial charge in [-0.1, -0.05) is 35.9 Å². The Labute approximate surface area is 189 Å². The summed E-state index contributed by atoms with van der Waals surface area (Å²) >= 11 is 6.26. The quantitative estimate of drug-likeness (QED) is 0.604. The fraction of sp³-hybridized carbons (Fsp3) is 0.125. The minimum atomic E-state index is -1.18. The first-order valence-electron chi connectivity index (χ1n) is 9.88. The predicted octanol–water partition coefficient (Wildman–Crippen LogP) is 4.75. The predicted molar refractivity (Wildman–Crippen MR) is 124 cm³/mol. The summed E-state index contributed by atoms with van der Waals surface area (Å²) in [6, 6.07) is 17.5. The van der Waals surface area contributed by atoms with Gasteiger partial charge in [-0.25, -0.2) is 14.2 Å². The largest absolute Gasteiger partial charge is 0.321 e. The van der Waals surface area contributed by atoms with Gasteiger partial charge in [-0.05, 0) is 55.0 Å². The van der Waals surface area contributed by atoms with Crippen molar-refractivity contribution < 1.29 is 14.0 Å². The molecule has 0 spiro atoms. The van der Waals surface area contributed by atoms with Crippen LogP contribution in [0.15, 0.2) is 71.7 Å². The topological polar surface area (TPSA) is 73.8 Å². The van der Waals surface area contributed by atoms with Crippen molar-refractivity contribution in [2.45, 2.75) is 13.1 Å². The highest BCUT2D eigenvalue weighted by Crippen LogP contribution is 2.30. The molecule has 3 amide bonds. The average Bonchev–Trinajstić information content (AvgIpc) is 2.86. The van der Waals surface area contributed by atoms with Crippen LogP contribution in [0.3, 0.4) is 0 Å². The zero-order valence-corrected chi connectivity index (χ0v) is 18.2. The van der Waals surface area contributed by atoms with Crippen molar-refractivity contribution in [3.05, 3.63) is 94.3 Å². The zero-order chi connectivity index (χ0) is 22.8. The van der Waals surface area contributed by atoms with E-state index in [2.05, 4.69) is 15.6 Å². The number of urea groups is 1. The van der Waals surface area contributed by atoms with Gasteiger partial charge in [-0.3, -0.25) is 4.79 Å². The minimum Gasteiger partial charge on any atom is -0.311 e. The van der Waals surface area contributed by atoms with E-state index in [-0.39, 0.29) is 0 Å². The van der Waals surface area contributed by atoms with Crippen molar-refractivity contribution >= 4 is 40.6 Å². The summed E-state index contributed by atoms with van der Waals surface area (Å²) in [5, 5.41) is 5.71. The molecule has 4 rings (SSSR count). The lowest BCUT2D eigenvalue weighted by molar-refractivity contribution is -0.119. The van der Waals surface area contributed by atoms with Crippen molar-refractivity contribution in [1.29, 1.82) is 0 Å². The monoisotopic (exact) mass is 450 g/mol. The Morgan fingerprint density at radius 3 is 2.50 bits per heavy atom. The SMILES string of the molecule is Cc1ccccc1C1=NC(NC(=O)Nc2ccc(F)cc2)C(=O)N(C)c2ccc(Cl)cc21. The Balaban J connectivity index is 1.74. The number of halogens is 2. The number of aryl methyl sites for hydroxylation is 1. The molecular weight excluding hydrogens is 431 g/mol. The Bertz CT molecular complexity index is 1230. The summed E-state index contributed by atoms with van der Waals surface area (Å²) in [5.41, 5.74) is 4.03. The molecule has 0 radical (unpaired) electrons. The molecule has 0 aromatic heterocycles. The number of aliphatic imine (C=N–C) groups is 1. The number of hydrogen-bond donors (Lipinski definition) is 2. The number of carbonyl (C=O) groups is 2. The summed E-state index contributed by atoms with van der Waals surface area (Å²) in [6.07, 6.45) is -1.18. The van der Waals surface area contributed by atoms with E-state index >= 15 is 0 Å². The molecule has 2 N–H and O–H groups in total. The van der Waals surface area contributed by atoms with Crippen LogP contribution in [0.1, 0.15) is 16.7 Å². The third-order valence-corrected chi connectivity index (χ3v) is 5.40. The smallest absolute Gasteiger partial charge is 0.311 e. The fourth-order valence-corrected chi connectivity index (χ4v) is 3.69. The number of benzodiazepines with no additional fused rings is 1. The molecule has 162 valence electrons. The number of likely N-dealkylation sites (N-methyl/N-ethyl adjacent to an activating group) is 1. The van der Waals surface area contributed by atoms with Gasteiger partial charge in [-0.15, -0.1) is 0 Å². The van der Waals surface area contributed by atoms with Crippen LogP contribution in [0.4, 0.5) is 20.6 Å². The van der Waals surface area contributed by atoms with E-state index in [1.54, 1.807) is 25.2 Å². The minimum absolute atomic E-state index is 0.386. The summed E-state index contributed by atoms with van der Waals surface area (Å²) in [7, 11) is 1.62. The molecule has 0 bridgehead atoms. The van der Waals surface area contributed by atoms with Gasteiger partial charge in [0.15, 0.2) is 0 Å². The maximum absolute atomic E-state index is 13.2. The molecular formula is C24H20ClFN4O2. The van der Waals surface area contributed by atoms with Gasteiger partial charge < -0.3 is 15.5 Å². The van der Waals surface area contributed by atoms with Crippen LogP contribution in [0.2, 0.25) is 5.02 Å². The Kier molecular flexibility index (Phi) is 5.92. The fourth-order valence-electron chi connectivity index (χ4n) is 3.52. The molecule has 1 atom stereocenters. The maximum Gasteiger partial charge on any atom is 0.321 e. The second-order valence-corrected chi connectivity index (χ2v) is 7.80. The van der Waals surface area contributed by atoms with Crippen molar-refractivity contribution in [3.8, 4) is 0 Å². The maximum atomic E-state index is 13.2. The van der Waals surface area contributed by atoms with Gasteiger partial charge in [0.1, 0.15) is 5.82 Å². The summed E-state index contributed by atoms with van der Waals surface area (Å²) in [5.74, 6) is -0.827. The second kappa shape index (κ2) is 8.80. The molecule has 3 aromatic carbocycles. The summed E-state index contributed by atoms with van der Waals surface area (Å²) < 4.78 is 13.1. The molecule has 3 aromatic rings. The van der Waals surface area contributed by atoms with E-state index in [9.17, 15) is 14.0 Å². The molecule has 1 aliphatic rings. The molecule has 1 unspecified atom stereocenters. The van der Waals surface area contributed by atoms with Crippen LogP contribution < -0.4 is 15.5 Å². The van der Waals surface area contributed by atoms with E-state index in [4.69, 9.17) is 11.6 Å². The van der Waals surface area contributed by atoms with E-state index < -0.39 is 23.9 Å². The van der Waals surface area contributed by atoms with Gasteiger partial charge in [0.2, 0.25) is 6.17 Å². The Morgan fingerprint density at radius 1 is 1.06 bits per heavy atom. The van der Waals surface area contributed by atoms with Crippen LogP contribution in [0, 0.1) is 12.7 Å². The lowest BCUT2D eigenvalue weighted by Gasteiger charge is -2.21. The van der Waals surface area contributed by atoms with Crippen LogP contribution in [-0.2, 0) is 4.79 Å². The third-order valence-electron chi connectivity index (χ3n) is 5.17.